The predicted octanol–water partition coefficient (Wildman–Crippen LogP) is 2.06. The molecule has 9 nitrogen and oxygen atoms in total. The number of hydrogen-bond acceptors (Lipinski definition) is 6. The van der Waals surface area contributed by atoms with Gasteiger partial charge in [-0.3, -0.25) is 24.1 Å². The molecule has 0 bridgehead atoms. The number of fused-ring (bicyclic) bond motifs is 1. The normalized spacial score (nSPS) is 20.0. The van der Waals surface area contributed by atoms with E-state index in [1.807, 2.05) is 13.8 Å². The molecule has 1 N–H and O–H groups in total. The SMILES string of the molecule is CCOc1ccc(NC(=O)CN(C)C(=O)CN2C(=O)[C@H]3CCCC[C@@H]3C2=O)cc1OCC. The highest BCUT2D eigenvalue weighted by atomic mass is 16.5. The predicted molar refractivity (Wildman–Crippen MR) is 117 cm³/mol. The van der Waals surface area contributed by atoms with E-state index in [1.165, 1.54) is 11.9 Å². The Hall–Kier alpha value is -3.10. The zero-order valence-electron chi connectivity index (χ0n) is 18.9. The number of carbonyl (C=O) groups is 4. The number of hydrogen-bond donors (Lipinski definition) is 1. The van der Waals surface area contributed by atoms with Crippen molar-refractivity contribution in [3.8, 4) is 11.5 Å². The van der Waals surface area contributed by atoms with Crippen LogP contribution in [0.1, 0.15) is 39.5 Å². The van der Waals surface area contributed by atoms with Gasteiger partial charge in [-0.25, -0.2) is 0 Å². The summed E-state index contributed by atoms with van der Waals surface area (Å²) in [6.07, 6.45) is 3.26. The van der Waals surface area contributed by atoms with Crippen LogP contribution in [0.5, 0.6) is 11.5 Å². The van der Waals surface area contributed by atoms with Gasteiger partial charge in [0.1, 0.15) is 6.54 Å². The van der Waals surface area contributed by atoms with Crippen molar-refractivity contribution in [1.29, 1.82) is 0 Å². The van der Waals surface area contributed by atoms with Crippen molar-refractivity contribution in [3.63, 3.8) is 0 Å². The van der Waals surface area contributed by atoms with Gasteiger partial charge >= 0.3 is 0 Å². The first-order valence-corrected chi connectivity index (χ1v) is 11.1. The van der Waals surface area contributed by atoms with E-state index in [2.05, 4.69) is 5.32 Å². The van der Waals surface area contributed by atoms with Gasteiger partial charge in [-0.1, -0.05) is 12.8 Å². The molecule has 1 aromatic rings. The van der Waals surface area contributed by atoms with Gasteiger partial charge in [0.25, 0.3) is 0 Å². The molecular formula is C23H31N3O6. The van der Waals surface area contributed by atoms with Crippen LogP contribution in [0.4, 0.5) is 5.69 Å². The van der Waals surface area contributed by atoms with Crippen molar-refractivity contribution in [2.75, 3.05) is 38.7 Å². The lowest BCUT2D eigenvalue weighted by atomic mass is 9.81. The van der Waals surface area contributed by atoms with E-state index in [1.54, 1.807) is 18.2 Å². The molecule has 4 amide bonds. The van der Waals surface area contributed by atoms with E-state index in [0.29, 0.717) is 43.2 Å². The Bertz CT molecular complexity index is 862. The molecule has 0 aromatic heterocycles. The van der Waals surface area contributed by atoms with Gasteiger partial charge in [-0.15, -0.1) is 0 Å². The Balaban J connectivity index is 1.56. The van der Waals surface area contributed by atoms with Crippen LogP contribution in [-0.4, -0.2) is 66.8 Å². The Morgan fingerprint density at radius 2 is 1.62 bits per heavy atom. The number of ether oxygens (including phenoxy) is 2. The molecule has 1 saturated carbocycles. The van der Waals surface area contributed by atoms with Gasteiger partial charge in [-0.2, -0.15) is 0 Å². The molecule has 32 heavy (non-hydrogen) atoms. The molecule has 1 aliphatic heterocycles. The smallest absolute Gasteiger partial charge is 0.243 e. The van der Waals surface area contributed by atoms with Gasteiger partial charge in [0.05, 0.1) is 31.6 Å². The Morgan fingerprint density at radius 3 is 2.22 bits per heavy atom. The molecule has 0 spiro atoms. The Labute approximate surface area is 188 Å². The van der Waals surface area contributed by atoms with Crippen molar-refractivity contribution < 1.29 is 28.7 Å². The number of imide groups is 1. The molecular weight excluding hydrogens is 414 g/mol. The average molecular weight is 446 g/mol. The number of rotatable bonds is 9. The minimum Gasteiger partial charge on any atom is -0.490 e. The molecule has 2 fully saturated rings. The third-order valence-corrected chi connectivity index (χ3v) is 5.86. The fraction of sp³-hybridized carbons (Fsp3) is 0.565. The molecule has 9 heteroatoms. The first-order chi connectivity index (χ1) is 15.3. The second kappa shape index (κ2) is 10.5. The highest BCUT2D eigenvalue weighted by Crippen LogP contribution is 2.38. The highest BCUT2D eigenvalue weighted by Gasteiger charge is 2.48. The van der Waals surface area contributed by atoms with Crippen molar-refractivity contribution in [2.45, 2.75) is 39.5 Å². The summed E-state index contributed by atoms with van der Waals surface area (Å²) in [5, 5.41) is 2.73. The van der Waals surface area contributed by atoms with E-state index in [9.17, 15) is 19.2 Å². The lowest BCUT2D eigenvalue weighted by Crippen LogP contribution is -2.44. The van der Waals surface area contributed by atoms with Crippen LogP contribution in [0.25, 0.3) is 0 Å². The van der Waals surface area contributed by atoms with E-state index in [-0.39, 0.29) is 36.7 Å². The first kappa shape index (κ1) is 23.6. The lowest BCUT2D eigenvalue weighted by molar-refractivity contribution is -0.146. The molecule has 3 rings (SSSR count). The van der Waals surface area contributed by atoms with E-state index in [4.69, 9.17) is 9.47 Å². The van der Waals surface area contributed by atoms with E-state index in [0.717, 1.165) is 17.7 Å². The quantitative estimate of drug-likeness (QED) is 0.584. The number of likely N-dealkylation sites (N-methyl/N-ethyl adjacent to an activating group) is 1. The van der Waals surface area contributed by atoms with Crippen molar-refractivity contribution in [1.82, 2.24) is 9.80 Å². The Morgan fingerprint density at radius 1 is 1.03 bits per heavy atom. The van der Waals surface area contributed by atoms with Gasteiger partial charge in [-0.05, 0) is 38.8 Å². The molecule has 0 unspecified atom stereocenters. The molecule has 174 valence electrons. The molecule has 1 heterocycles. The summed E-state index contributed by atoms with van der Waals surface area (Å²) in [5.41, 5.74) is 0.511. The fourth-order valence-electron chi connectivity index (χ4n) is 4.28. The van der Waals surface area contributed by atoms with Crippen molar-refractivity contribution in [3.05, 3.63) is 18.2 Å². The largest absolute Gasteiger partial charge is 0.490 e. The lowest BCUT2D eigenvalue weighted by Gasteiger charge is -2.21. The summed E-state index contributed by atoms with van der Waals surface area (Å²) in [5.74, 6) is -0.868. The van der Waals surface area contributed by atoms with E-state index < -0.39 is 11.8 Å². The average Bonchev–Trinajstić information content (AvgIpc) is 3.01. The van der Waals surface area contributed by atoms with E-state index >= 15 is 0 Å². The van der Waals surface area contributed by atoms with Crippen LogP contribution in [-0.2, 0) is 19.2 Å². The number of carbonyl (C=O) groups excluding carboxylic acids is 4. The van der Waals surface area contributed by atoms with Crippen LogP contribution < -0.4 is 14.8 Å². The third-order valence-electron chi connectivity index (χ3n) is 5.86. The number of likely N-dealkylation sites (tertiary alicyclic amines) is 1. The van der Waals surface area contributed by atoms with Gasteiger partial charge in [0.15, 0.2) is 11.5 Å². The maximum absolute atomic E-state index is 12.6. The number of benzene rings is 1. The maximum Gasteiger partial charge on any atom is 0.243 e. The second-order valence-corrected chi connectivity index (χ2v) is 8.09. The monoisotopic (exact) mass is 445 g/mol. The number of nitrogens with one attached hydrogen (secondary N) is 1. The molecule has 2 atom stereocenters. The topological polar surface area (TPSA) is 105 Å². The number of amides is 4. The third kappa shape index (κ3) is 5.20. The molecule has 0 radical (unpaired) electrons. The van der Waals surface area contributed by atoms with Crippen molar-refractivity contribution in [2.24, 2.45) is 11.8 Å². The maximum atomic E-state index is 12.6. The van der Waals surface area contributed by atoms with Gasteiger partial charge in [0, 0.05) is 18.8 Å². The molecule has 1 aliphatic carbocycles. The van der Waals surface area contributed by atoms with Crippen molar-refractivity contribution >= 4 is 29.3 Å². The molecule has 2 aliphatic rings. The van der Waals surface area contributed by atoms with Gasteiger partial charge in [0.2, 0.25) is 23.6 Å². The zero-order chi connectivity index (χ0) is 23.3. The van der Waals surface area contributed by atoms with Crippen LogP contribution in [0.2, 0.25) is 0 Å². The number of anilines is 1. The summed E-state index contributed by atoms with van der Waals surface area (Å²) in [7, 11) is 1.48. The standard InChI is InChI=1S/C23H31N3O6/c1-4-31-18-11-10-15(12-19(18)32-5-2)24-20(27)13-25(3)21(28)14-26-22(29)16-8-6-7-9-17(16)23(26)30/h10-12,16-17H,4-9,13-14H2,1-3H3,(H,24,27)/t16-,17-/m0/s1. The molecule has 1 saturated heterocycles. The van der Waals surface area contributed by atoms with Crippen LogP contribution in [0, 0.1) is 11.8 Å². The van der Waals surface area contributed by atoms with Gasteiger partial charge < -0.3 is 19.7 Å². The van der Waals surface area contributed by atoms with Crippen LogP contribution in [0.3, 0.4) is 0 Å². The van der Waals surface area contributed by atoms with Crippen LogP contribution in [0.15, 0.2) is 18.2 Å². The fourth-order valence-corrected chi connectivity index (χ4v) is 4.28. The summed E-state index contributed by atoms with van der Waals surface area (Å²) in [4.78, 5) is 52.5. The Kier molecular flexibility index (Phi) is 7.71. The summed E-state index contributed by atoms with van der Waals surface area (Å²) < 4.78 is 11.1. The summed E-state index contributed by atoms with van der Waals surface area (Å²) in [6.45, 7) is 4.12. The number of nitrogens with zero attached hydrogens (tertiary/aromatic N) is 2. The zero-order valence-corrected chi connectivity index (χ0v) is 18.9. The minimum absolute atomic E-state index is 0.209. The molecule has 1 aromatic carbocycles. The first-order valence-electron chi connectivity index (χ1n) is 11.1. The summed E-state index contributed by atoms with van der Waals surface area (Å²) in [6, 6.07) is 5.07. The second-order valence-electron chi connectivity index (χ2n) is 8.09. The van der Waals surface area contributed by atoms with Crippen LogP contribution >= 0.6 is 0 Å². The highest BCUT2D eigenvalue weighted by molar-refractivity contribution is 6.07. The summed E-state index contributed by atoms with van der Waals surface area (Å²) >= 11 is 0. The minimum atomic E-state index is -0.456.